The smallest absolute Gasteiger partial charge is 0.322 e. The van der Waals surface area contributed by atoms with E-state index in [2.05, 4.69) is 24.4 Å². The summed E-state index contributed by atoms with van der Waals surface area (Å²) in [7, 11) is 0. The van der Waals surface area contributed by atoms with Crippen molar-refractivity contribution >= 4 is 11.7 Å². The Labute approximate surface area is 206 Å². The Morgan fingerprint density at radius 3 is 1.86 bits per heavy atom. The van der Waals surface area contributed by atoms with E-state index in [0.717, 1.165) is 27.9 Å². The molecule has 5 heteroatoms. The second kappa shape index (κ2) is 10.9. The van der Waals surface area contributed by atoms with Gasteiger partial charge in [0.25, 0.3) is 0 Å². The first kappa shape index (κ1) is 24.0. The van der Waals surface area contributed by atoms with Crippen LogP contribution < -0.4 is 10.1 Å². The molecule has 4 nitrogen and oxygen atoms in total. The highest BCUT2D eigenvalue weighted by Crippen LogP contribution is 2.25. The van der Waals surface area contributed by atoms with Crippen LogP contribution in [0.3, 0.4) is 0 Å². The van der Waals surface area contributed by atoms with Gasteiger partial charge in [-0.15, -0.1) is 0 Å². The Morgan fingerprint density at radius 1 is 0.771 bits per heavy atom. The number of halogens is 1. The van der Waals surface area contributed by atoms with Gasteiger partial charge in [0.15, 0.2) is 0 Å². The van der Waals surface area contributed by atoms with Crippen LogP contribution in [0, 0.1) is 26.6 Å². The summed E-state index contributed by atoms with van der Waals surface area (Å²) in [5.41, 5.74) is 6.12. The van der Waals surface area contributed by atoms with E-state index in [1.807, 2.05) is 68.4 Å². The minimum Gasteiger partial charge on any atom is -0.457 e. The molecule has 0 atom stereocenters. The molecule has 4 aromatic rings. The summed E-state index contributed by atoms with van der Waals surface area (Å²) in [6, 6.07) is 27.4. The summed E-state index contributed by atoms with van der Waals surface area (Å²) in [5.74, 6) is 0.902. The molecule has 35 heavy (non-hydrogen) atoms. The molecule has 0 radical (unpaired) electrons. The average molecular weight is 469 g/mol. The van der Waals surface area contributed by atoms with E-state index >= 15 is 0 Å². The van der Waals surface area contributed by atoms with Crippen molar-refractivity contribution in [1.29, 1.82) is 0 Å². The molecular formula is C30H29FN2O2. The molecule has 0 saturated carbocycles. The van der Waals surface area contributed by atoms with Gasteiger partial charge in [0.1, 0.15) is 17.3 Å². The topological polar surface area (TPSA) is 41.6 Å². The summed E-state index contributed by atoms with van der Waals surface area (Å²) < 4.78 is 18.9. The first-order chi connectivity index (χ1) is 16.9. The number of amides is 2. The van der Waals surface area contributed by atoms with E-state index in [9.17, 15) is 9.18 Å². The quantitative estimate of drug-likeness (QED) is 0.301. The summed E-state index contributed by atoms with van der Waals surface area (Å²) >= 11 is 0. The van der Waals surface area contributed by atoms with Gasteiger partial charge in [0.2, 0.25) is 0 Å². The van der Waals surface area contributed by atoms with Crippen LogP contribution in [0.25, 0.3) is 0 Å². The molecule has 2 amide bonds. The van der Waals surface area contributed by atoms with Gasteiger partial charge in [-0.25, -0.2) is 9.18 Å². The third-order valence-electron chi connectivity index (χ3n) is 5.76. The van der Waals surface area contributed by atoms with E-state index in [1.54, 1.807) is 17.0 Å². The molecular weight excluding hydrogens is 439 g/mol. The van der Waals surface area contributed by atoms with Crippen LogP contribution in [0.4, 0.5) is 14.9 Å². The Balaban J connectivity index is 1.51. The van der Waals surface area contributed by atoms with Crippen molar-refractivity contribution < 1.29 is 13.9 Å². The number of nitrogens with zero attached hydrogens (tertiary/aromatic N) is 1. The van der Waals surface area contributed by atoms with Gasteiger partial charge in [-0.1, -0.05) is 60.2 Å². The van der Waals surface area contributed by atoms with Crippen molar-refractivity contribution in [2.75, 3.05) is 5.32 Å². The number of ether oxygens (including phenoxy) is 1. The molecule has 0 fully saturated rings. The van der Waals surface area contributed by atoms with Crippen LogP contribution in [0.2, 0.25) is 0 Å². The summed E-state index contributed by atoms with van der Waals surface area (Å²) in [5, 5.41) is 3.13. The first-order valence-corrected chi connectivity index (χ1v) is 11.6. The lowest BCUT2D eigenvalue weighted by atomic mass is 10.1. The Kier molecular flexibility index (Phi) is 7.46. The predicted molar refractivity (Wildman–Crippen MR) is 138 cm³/mol. The van der Waals surface area contributed by atoms with E-state index in [0.29, 0.717) is 24.6 Å². The second-order valence-electron chi connectivity index (χ2n) is 8.75. The largest absolute Gasteiger partial charge is 0.457 e. The molecule has 0 unspecified atom stereocenters. The van der Waals surface area contributed by atoms with Gasteiger partial charge in [0, 0.05) is 18.8 Å². The molecule has 178 valence electrons. The Hall–Kier alpha value is -4.12. The SMILES string of the molecule is Cc1cc(C)c(NC(=O)N(Cc2ccccc2)Cc2ccc(Oc3ccc(F)cc3)cc2)c(C)c1. The van der Waals surface area contributed by atoms with Crippen molar-refractivity contribution in [2.45, 2.75) is 33.9 Å². The normalized spacial score (nSPS) is 10.6. The molecule has 0 aromatic heterocycles. The number of rotatable bonds is 7. The third-order valence-corrected chi connectivity index (χ3v) is 5.76. The molecule has 0 aliphatic rings. The fourth-order valence-electron chi connectivity index (χ4n) is 4.09. The van der Waals surface area contributed by atoms with Gasteiger partial charge in [0.05, 0.1) is 0 Å². The van der Waals surface area contributed by atoms with E-state index in [1.165, 1.54) is 17.7 Å². The van der Waals surface area contributed by atoms with Crippen molar-refractivity contribution in [3.05, 3.63) is 125 Å². The predicted octanol–water partition coefficient (Wildman–Crippen LogP) is 7.78. The van der Waals surface area contributed by atoms with E-state index < -0.39 is 0 Å². The van der Waals surface area contributed by atoms with Crippen molar-refractivity contribution in [3.8, 4) is 11.5 Å². The maximum Gasteiger partial charge on any atom is 0.322 e. The summed E-state index contributed by atoms with van der Waals surface area (Å²) in [4.78, 5) is 15.2. The fourth-order valence-corrected chi connectivity index (χ4v) is 4.09. The zero-order chi connectivity index (χ0) is 24.8. The molecule has 0 saturated heterocycles. The fraction of sp³-hybridized carbons (Fsp3) is 0.167. The Bertz CT molecular complexity index is 1260. The highest BCUT2D eigenvalue weighted by molar-refractivity contribution is 5.91. The maximum absolute atomic E-state index is 13.4. The standard InChI is InChI=1S/C30H29FN2O2/c1-21-17-22(2)29(23(3)18-21)32-30(34)33(19-24-7-5-4-6-8-24)20-25-9-13-27(14-10-25)35-28-15-11-26(31)12-16-28/h4-18H,19-20H2,1-3H3,(H,32,34). The highest BCUT2D eigenvalue weighted by atomic mass is 19.1. The minimum absolute atomic E-state index is 0.157. The van der Waals surface area contributed by atoms with Crippen LogP contribution in [-0.4, -0.2) is 10.9 Å². The lowest BCUT2D eigenvalue weighted by molar-refractivity contribution is 0.206. The number of anilines is 1. The maximum atomic E-state index is 13.4. The number of benzene rings is 4. The molecule has 0 bridgehead atoms. The van der Waals surface area contributed by atoms with Gasteiger partial charge in [-0.2, -0.15) is 0 Å². The van der Waals surface area contributed by atoms with Crippen molar-refractivity contribution in [2.24, 2.45) is 0 Å². The van der Waals surface area contributed by atoms with Gasteiger partial charge in [-0.3, -0.25) is 0 Å². The number of urea groups is 1. The third kappa shape index (κ3) is 6.48. The molecule has 0 spiro atoms. The van der Waals surface area contributed by atoms with Gasteiger partial charge in [-0.05, 0) is 79.4 Å². The Morgan fingerprint density at radius 2 is 1.29 bits per heavy atom. The monoisotopic (exact) mass is 468 g/mol. The zero-order valence-corrected chi connectivity index (χ0v) is 20.2. The lowest BCUT2D eigenvalue weighted by Crippen LogP contribution is -2.34. The number of carbonyl (C=O) groups excluding carboxylic acids is 1. The molecule has 4 aromatic carbocycles. The second-order valence-corrected chi connectivity index (χ2v) is 8.75. The zero-order valence-electron chi connectivity index (χ0n) is 20.2. The van der Waals surface area contributed by atoms with Crippen LogP contribution in [-0.2, 0) is 13.1 Å². The van der Waals surface area contributed by atoms with E-state index in [4.69, 9.17) is 4.74 Å². The van der Waals surface area contributed by atoms with E-state index in [-0.39, 0.29) is 11.8 Å². The van der Waals surface area contributed by atoms with Gasteiger partial charge >= 0.3 is 6.03 Å². The molecule has 0 aliphatic carbocycles. The molecule has 4 rings (SSSR count). The average Bonchev–Trinajstić information content (AvgIpc) is 2.84. The van der Waals surface area contributed by atoms with Crippen LogP contribution in [0.1, 0.15) is 27.8 Å². The number of hydrogen-bond donors (Lipinski definition) is 1. The highest BCUT2D eigenvalue weighted by Gasteiger charge is 2.17. The lowest BCUT2D eigenvalue weighted by Gasteiger charge is -2.25. The van der Waals surface area contributed by atoms with Crippen LogP contribution in [0.5, 0.6) is 11.5 Å². The number of hydrogen-bond acceptors (Lipinski definition) is 2. The first-order valence-electron chi connectivity index (χ1n) is 11.6. The number of aryl methyl sites for hydroxylation is 3. The molecule has 0 heterocycles. The van der Waals surface area contributed by atoms with Crippen LogP contribution >= 0.6 is 0 Å². The summed E-state index contributed by atoms with van der Waals surface area (Å²) in [6.07, 6.45) is 0. The molecule has 1 N–H and O–H groups in total. The van der Waals surface area contributed by atoms with Gasteiger partial charge < -0.3 is 15.0 Å². The van der Waals surface area contributed by atoms with Crippen molar-refractivity contribution in [1.82, 2.24) is 4.90 Å². The van der Waals surface area contributed by atoms with Crippen molar-refractivity contribution in [3.63, 3.8) is 0 Å². The number of nitrogens with one attached hydrogen (secondary N) is 1. The minimum atomic E-state index is -0.305. The van der Waals surface area contributed by atoms with Crippen LogP contribution in [0.15, 0.2) is 91.0 Å². The molecule has 0 aliphatic heterocycles. The summed E-state index contributed by atoms with van der Waals surface area (Å²) in [6.45, 7) is 6.98. The number of carbonyl (C=O) groups is 1.